The largest absolute Gasteiger partial charge is 0.449 e. The number of rotatable bonds is 6. The summed E-state index contributed by atoms with van der Waals surface area (Å²) in [6, 6.07) is 19.0. The lowest BCUT2D eigenvalue weighted by Gasteiger charge is -2.16. The van der Waals surface area contributed by atoms with Gasteiger partial charge in [0.05, 0.1) is 0 Å². The molecule has 0 fully saturated rings. The van der Waals surface area contributed by atoms with Crippen molar-refractivity contribution in [2.45, 2.75) is 24.3 Å². The maximum Gasteiger partial charge on any atom is 0.407 e. The quantitative estimate of drug-likeness (QED) is 0.526. The van der Waals surface area contributed by atoms with Crippen LogP contribution in [-0.4, -0.2) is 28.2 Å². The molecule has 0 aromatic heterocycles. The van der Waals surface area contributed by atoms with Crippen molar-refractivity contribution in [2.75, 3.05) is 19.0 Å². The predicted molar refractivity (Wildman–Crippen MR) is 121 cm³/mol. The summed E-state index contributed by atoms with van der Waals surface area (Å²) in [6.07, 6.45) is -0.634. The van der Waals surface area contributed by atoms with Crippen LogP contribution in [0.25, 0.3) is 11.1 Å². The Kier molecular flexibility index (Phi) is 5.88. The number of nitrogens with one attached hydrogen (secondary N) is 2. The molecule has 1 aliphatic carbocycles. The van der Waals surface area contributed by atoms with Gasteiger partial charge in [0.15, 0.2) is 0 Å². The summed E-state index contributed by atoms with van der Waals surface area (Å²) in [5, 5.41) is 5.44. The molecule has 0 saturated carbocycles. The van der Waals surface area contributed by atoms with E-state index in [2.05, 4.69) is 22.8 Å². The normalized spacial score (nSPS) is 12.7. The number of fused-ring (bicyclic) bond motifs is 3. The minimum Gasteiger partial charge on any atom is -0.449 e. The molecule has 8 heteroatoms. The van der Waals surface area contributed by atoms with E-state index >= 15 is 0 Å². The molecule has 0 unspecified atom stereocenters. The zero-order valence-corrected chi connectivity index (χ0v) is 18.5. The van der Waals surface area contributed by atoms with Crippen molar-refractivity contribution < 1.29 is 21.8 Å². The van der Waals surface area contributed by atoms with Crippen LogP contribution in [0, 0.1) is 6.92 Å². The van der Waals surface area contributed by atoms with Gasteiger partial charge < -0.3 is 15.4 Å². The molecule has 4 rings (SSSR count). The standard InChI is InChI=1S/C24H23FN2O4S/c1-15-16(11-17(26-2)12-23(15)32(25,29)30)13-27-24(28)31-14-22-20-9-5-3-7-18(20)19-8-4-6-10-21(19)22/h3-12,22,26H,13-14H2,1-2H3,(H,27,28). The number of hydrogen-bond acceptors (Lipinski definition) is 5. The van der Waals surface area contributed by atoms with E-state index in [4.69, 9.17) is 4.74 Å². The second-order valence-electron chi connectivity index (χ2n) is 7.63. The van der Waals surface area contributed by atoms with Gasteiger partial charge in [0.2, 0.25) is 0 Å². The number of carbonyl (C=O) groups excluding carboxylic acids is 1. The lowest BCUT2D eigenvalue weighted by molar-refractivity contribution is 0.142. The average Bonchev–Trinajstić information content (AvgIpc) is 3.10. The molecule has 1 aliphatic rings. The van der Waals surface area contributed by atoms with Crippen molar-refractivity contribution in [2.24, 2.45) is 0 Å². The second kappa shape index (κ2) is 8.63. The van der Waals surface area contributed by atoms with Crippen molar-refractivity contribution in [1.82, 2.24) is 5.32 Å². The maximum atomic E-state index is 13.6. The Morgan fingerprint density at radius 3 is 2.19 bits per heavy atom. The molecular formula is C24H23FN2O4S. The maximum absolute atomic E-state index is 13.6. The number of amides is 1. The first-order chi connectivity index (χ1) is 15.3. The molecule has 0 aliphatic heterocycles. The summed E-state index contributed by atoms with van der Waals surface area (Å²) in [6.45, 7) is 1.67. The molecule has 3 aromatic carbocycles. The topological polar surface area (TPSA) is 84.5 Å². The predicted octanol–water partition coefficient (Wildman–Crippen LogP) is 4.73. The highest BCUT2D eigenvalue weighted by atomic mass is 32.3. The van der Waals surface area contributed by atoms with E-state index in [9.17, 15) is 17.1 Å². The molecule has 1 amide bonds. The molecule has 2 N–H and O–H groups in total. The lowest BCUT2D eigenvalue weighted by atomic mass is 9.98. The Bertz CT molecular complexity index is 1250. The smallest absolute Gasteiger partial charge is 0.407 e. The van der Waals surface area contributed by atoms with Crippen molar-refractivity contribution in [3.63, 3.8) is 0 Å². The van der Waals surface area contributed by atoms with Crippen LogP contribution >= 0.6 is 0 Å². The van der Waals surface area contributed by atoms with Crippen molar-refractivity contribution in [3.8, 4) is 11.1 Å². The van der Waals surface area contributed by atoms with Gasteiger partial charge in [0.1, 0.15) is 11.5 Å². The van der Waals surface area contributed by atoms with Crippen LogP contribution < -0.4 is 10.6 Å². The minimum absolute atomic E-state index is 0.000543. The average molecular weight is 455 g/mol. The van der Waals surface area contributed by atoms with Crippen LogP contribution in [-0.2, 0) is 21.5 Å². The highest BCUT2D eigenvalue weighted by Crippen LogP contribution is 2.44. The Morgan fingerprint density at radius 2 is 1.62 bits per heavy atom. The summed E-state index contributed by atoms with van der Waals surface area (Å²) in [7, 11) is -3.29. The molecule has 32 heavy (non-hydrogen) atoms. The fourth-order valence-electron chi connectivity index (χ4n) is 4.14. The second-order valence-corrected chi connectivity index (χ2v) is 8.94. The van der Waals surface area contributed by atoms with Gasteiger partial charge in [0, 0.05) is 25.2 Å². The summed E-state index contributed by atoms with van der Waals surface area (Å²) >= 11 is 0. The van der Waals surface area contributed by atoms with Gasteiger partial charge in [-0.2, -0.15) is 8.42 Å². The minimum atomic E-state index is -4.89. The molecule has 0 saturated heterocycles. The molecule has 3 aromatic rings. The third kappa shape index (κ3) is 4.18. The number of hydrogen-bond donors (Lipinski definition) is 2. The number of alkyl carbamates (subject to hydrolysis) is 1. The highest BCUT2D eigenvalue weighted by Gasteiger charge is 2.29. The Hall–Kier alpha value is -3.39. The van der Waals surface area contributed by atoms with Crippen LogP contribution in [0.4, 0.5) is 14.4 Å². The first kappa shape index (κ1) is 21.8. The monoisotopic (exact) mass is 454 g/mol. The fraction of sp³-hybridized carbons (Fsp3) is 0.208. The molecule has 6 nitrogen and oxygen atoms in total. The number of halogens is 1. The highest BCUT2D eigenvalue weighted by molar-refractivity contribution is 7.86. The zero-order chi connectivity index (χ0) is 22.9. The van der Waals surface area contributed by atoms with Crippen LogP contribution in [0.1, 0.15) is 28.2 Å². The van der Waals surface area contributed by atoms with Gasteiger partial charge >= 0.3 is 16.3 Å². The summed E-state index contributed by atoms with van der Waals surface area (Å²) in [5.41, 5.74) is 5.63. The number of carbonyl (C=O) groups is 1. The van der Waals surface area contributed by atoms with Gasteiger partial charge in [-0.05, 0) is 52.4 Å². The third-order valence-electron chi connectivity index (χ3n) is 5.79. The molecule has 0 heterocycles. The molecule has 0 bridgehead atoms. The van der Waals surface area contributed by atoms with E-state index in [0.717, 1.165) is 22.3 Å². The lowest BCUT2D eigenvalue weighted by Crippen LogP contribution is -2.26. The molecule has 0 radical (unpaired) electrons. The van der Waals surface area contributed by atoms with Crippen LogP contribution in [0.15, 0.2) is 65.6 Å². The van der Waals surface area contributed by atoms with E-state index in [1.165, 1.54) is 13.0 Å². The number of ether oxygens (including phenoxy) is 1. The van der Waals surface area contributed by atoms with Crippen molar-refractivity contribution >= 4 is 22.0 Å². The Labute approximate surface area is 186 Å². The first-order valence-electron chi connectivity index (χ1n) is 10.1. The Morgan fingerprint density at radius 1 is 1.03 bits per heavy atom. The summed E-state index contributed by atoms with van der Waals surface area (Å²) < 4.78 is 42.1. The van der Waals surface area contributed by atoms with Crippen LogP contribution in [0.3, 0.4) is 0 Å². The number of anilines is 1. The third-order valence-corrected chi connectivity index (χ3v) is 6.74. The molecule has 0 spiro atoms. The summed E-state index contributed by atoms with van der Waals surface area (Å²) in [4.78, 5) is 12.0. The van der Waals surface area contributed by atoms with E-state index in [1.807, 2.05) is 36.4 Å². The Balaban J connectivity index is 1.46. The van der Waals surface area contributed by atoms with E-state index in [-0.39, 0.29) is 24.6 Å². The van der Waals surface area contributed by atoms with E-state index in [1.54, 1.807) is 13.1 Å². The van der Waals surface area contributed by atoms with Gasteiger partial charge in [-0.25, -0.2) is 4.79 Å². The first-order valence-corrected chi connectivity index (χ1v) is 11.5. The van der Waals surface area contributed by atoms with Crippen LogP contribution in [0.2, 0.25) is 0 Å². The number of benzene rings is 3. The van der Waals surface area contributed by atoms with Crippen LogP contribution in [0.5, 0.6) is 0 Å². The molecule has 166 valence electrons. The van der Waals surface area contributed by atoms with Crippen molar-refractivity contribution in [3.05, 3.63) is 82.9 Å². The van der Waals surface area contributed by atoms with Gasteiger partial charge in [-0.3, -0.25) is 0 Å². The van der Waals surface area contributed by atoms with E-state index in [0.29, 0.717) is 11.3 Å². The van der Waals surface area contributed by atoms with E-state index < -0.39 is 21.2 Å². The SMILES string of the molecule is CNc1cc(CNC(=O)OCC2c3ccccc3-c3ccccc32)c(C)c(S(=O)(=O)F)c1. The summed E-state index contributed by atoms with van der Waals surface area (Å²) in [5.74, 6) is -0.0641. The zero-order valence-electron chi connectivity index (χ0n) is 17.7. The fourth-order valence-corrected chi connectivity index (χ4v) is 4.91. The molecule has 0 atom stereocenters. The van der Waals surface area contributed by atoms with Gasteiger partial charge in [0.25, 0.3) is 0 Å². The molecular weight excluding hydrogens is 431 g/mol. The van der Waals surface area contributed by atoms with Gasteiger partial charge in [-0.1, -0.05) is 48.5 Å². The van der Waals surface area contributed by atoms with Gasteiger partial charge in [-0.15, -0.1) is 3.89 Å². The van der Waals surface area contributed by atoms with Crippen molar-refractivity contribution in [1.29, 1.82) is 0 Å².